The second kappa shape index (κ2) is 9.05. The molecule has 0 aromatic rings. The Labute approximate surface area is 137 Å². The van der Waals surface area contributed by atoms with E-state index < -0.39 is 36.3 Å². The molecule has 0 heterocycles. The van der Waals surface area contributed by atoms with Crippen LogP contribution < -0.4 is 0 Å². The Morgan fingerprint density at radius 3 is 2.30 bits per heavy atom. The second-order valence-corrected chi connectivity index (χ2v) is 11.9. The van der Waals surface area contributed by atoms with Crippen LogP contribution in [0.15, 0.2) is 0 Å². The van der Waals surface area contributed by atoms with Crippen LogP contribution in [0.25, 0.3) is 0 Å². The van der Waals surface area contributed by atoms with Crippen molar-refractivity contribution in [3.8, 4) is 0 Å². The lowest BCUT2D eigenvalue weighted by Crippen LogP contribution is -2.36. The number of alkyl halides is 2. The summed E-state index contributed by atoms with van der Waals surface area (Å²) >= 11 is 0. The van der Waals surface area contributed by atoms with Gasteiger partial charge in [-0.3, -0.25) is 4.79 Å². The van der Waals surface area contributed by atoms with Crippen molar-refractivity contribution in [1.29, 1.82) is 0 Å². The molecule has 0 bridgehead atoms. The van der Waals surface area contributed by atoms with Crippen LogP contribution in [0.2, 0.25) is 18.6 Å². The molecule has 10 heteroatoms. The number of hydrogen-bond donors (Lipinski definition) is 0. The third kappa shape index (κ3) is 7.68. The predicted molar refractivity (Wildman–Crippen MR) is 82.6 cm³/mol. The van der Waals surface area contributed by atoms with Crippen molar-refractivity contribution in [2.45, 2.75) is 62.9 Å². The van der Waals surface area contributed by atoms with Gasteiger partial charge in [0.15, 0.2) is 25.0 Å². The van der Waals surface area contributed by atoms with Gasteiger partial charge in [0.1, 0.15) is 0 Å². The average molecular weight is 375 g/mol. The van der Waals surface area contributed by atoms with Gasteiger partial charge in [-0.2, -0.15) is 8.78 Å². The van der Waals surface area contributed by atoms with Gasteiger partial charge in [0.05, 0.1) is 0 Å². The topological polar surface area (TPSA) is 92.7 Å². The first-order chi connectivity index (χ1) is 10.4. The molecule has 0 aromatic heterocycles. The van der Waals surface area contributed by atoms with Gasteiger partial charge in [-0.25, -0.2) is 8.42 Å². The summed E-state index contributed by atoms with van der Waals surface area (Å²) in [5, 5.41) is -4.61. The monoisotopic (exact) mass is 375 g/mol. The van der Waals surface area contributed by atoms with Crippen LogP contribution in [0.5, 0.6) is 0 Å². The molecule has 0 aliphatic carbocycles. The molecule has 0 radical (unpaired) electrons. The normalized spacial score (nSPS) is 14.6. The van der Waals surface area contributed by atoms with Gasteiger partial charge in [0.2, 0.25) is 0 Å². The highest BCUT2D eigenvalue weighted by Gasteiger charge is 2.39. The van der Waals surface area contributed by atoms with Crippen molar-refractivity contribution < 1.29 is 35.7 Å². The Bertz CT molecular complexity index is 481. The Kier molecular flexibility index (Phi) is 8.82. The fraction of sp³-hybridized carbons (Fsp3) is 0.923. The maximum Gasteiger partial charge on any atom is 0.367 e. The fourth-order valence-electron chi connectivity index (χ4n) is 2.06. The molecule has 138 valence electrons. The van der Waals surface area contributed by atoms with E-state index in [9.17, 15) is 26.5 Å². The first kappa shape index (κ1) is 22.4. The van der Waals surface area contributed by atoms with Crippen LogP contribution >= 0.6 is 0 Å². The summed E-state index contributed by atoms with van der Waals surface area (Å²) < 4.78 is 66.5. The van der Waals surface area contributed by atoms with Gasteiger partial charge in [-0.1, -0.05) is 26.2 Å². The molecular formula is C13H25F2O6SSi-. The minimum absolute atomic E-state index is 0.122. The number of esters is 1. The maximum absolute atomic E-state index is 12.9. The molecule has 1 atom stereocenters. The van der Waals surface area contributed by atoms with E-state index in [0.29, 0.717) is 6.42 Å². The first-order valence-corrected chi connectivity index (χ1v) is 11.8. The number of ether oxygens (including phenoxy) is 1. The van der Waals surface area contributed by atoms with Crippen molar-refractivity contribution >= 4 is 24.4 Å². The number of halogens is 2. The summed E-state index contributed by atoms with van der Waals surface area (Å²) in [7, 11) is -6.23. The minimum Gasteiger partial charge on any atom is -0.743 e. The summed E-state index contributed by atoms with van der Waals surface area (Å²) in [5.41, 5.74) is 0.156. The quantitative estimate of drug-likeness (QED) is 0.313. The van der Waals surface area contributed by atoms with E-state index in [1.54, 1.807) is 7.11 Å². The lowest BCUT2D eigenvalue weighted by Gasteiger charge is -2.30. The molecule has 0 amide bonds. The van der Waals surface area contributed by atoms with Gasteiger partial charge in [-0.15, -0.1) is 0 Å². The highest BCUT2D eigenvalue weighted by atomic mass is 32.2. The smallest absolute Gasteiger partial charge is 0.367 e. The van der Waals surface area contributed by atoms with Crippen molar-refractivity contribution in [2.24, 2.45) is 0 Å². The van der Waals surface area contributed by atoms with E-state index in [2.05, 4.69) is 4.74 Å². The third-order valence-corrected chi connectivity index (χ3v) is 8.32. The van der Waals surface area contributed by atoms with Crippen LogP contribution in [0.1, 0.15) is 39.0 Å². The molecule has 0 aliphatic heterocycles. The van der Waals surface area contributed by atoms with Crippen molar-refractivity contribution in [2.75, 3.05) is 13.7 Å². The molecule has 0 aromatic carbocycles. The Morgan fingerprint density at radius 2 is 1.87 bits per heavy atom. The van der Waals surface area contributed by atoms with Crippen LogP contribution in [0.4, 0.5) is 8.78 Å². The van der Waals surface area contributed by atoms with Gasteiger partial charge in [0.25, 0.3) is 0 Å². The molecule has 0 N–H and O–H groups in total. The van der Waals surface area contributed by atoms with Crippen LogP contribution in [-0.2, 0) is 24.1 Å². The molecule has 0 saturated heterocycles. The molecule has 23 heavy (non-hydrogen) atoms. The molecular weight excluding hydrogens is 350 g/mol. The molecule has 0 rings (SSSR count). The zero-order chi connectivity index (χ0) is 18.3. The number of rotatable bonds is 11. The Morgan fingerprint density at radius 1 is 1.30 bits per heavy atom. The first-order valence-electron chi connectivity index (χ1n) is 7.41. The van der Waals surface area contributed by atoms with E-state index in [1.165, 1.54) is 0 Å². The molecule has 1 unspecified atom stereocenters. The fourth-order valence-corrected chi connectivity index (χ4v) is 4.33. The highest BCUT2D eigenvalue weighted by Crippen LogP contribution is 2.32. The number of hydrogen-bond acceptors (Lipinski definition) is 6. The SMILES string of the molecule is CCCCC(CCC(=O)OCC(F)(F)S(=O)(=O)[O-])[Si](C)(C)OC. The van der Waals surface area contributed by atoms with E-state index in [0.717, 1.165) is 19.3 Å². The maximum atomic E-state index is 12.9. The Hall–Kier alpha value is -0.583. The number of carbonyl (C=O) groups excluding carboxylic acids is 1. The summed E-state index contributed by atoms with van der Waals surface area (Å²) in [4.78, 5) is 11.5. The summed E-state index contributed by atoms with van der Waals surface area (Å²) in [6.07, 6.45) is 3.11. The van der Waals surface area contributed by atoms with Gasteiger partial charge >= 0.3 is 11.2 Å². The average Bonchev–Trinajstić information content (AvgIpc) is 2.43. The van der Waals surface area contributed by atoms with E-state index in [-0.39, 0.29) is 12.0 Å². The zero-order valence-electron chi connectivity index (χ0n) is 13.9. The van der Waals surface area contributed by atoms with Gasteiger partial charge < -0.3 is 13.7 Å². The number of unbranched alkanes of at least 4 members (excludes halogenated alkanes) is 1. The standard InChI is InChI=1S/C13H26F2O6SSi/c1-5-6-7-11(23(3,4)20-2)8-9-12(16)21-10-13(14,15)22(17,18)19/h11H,5-10H2,1-4H3,(H,17,18,19)/p-1. The molecule has 0 saturated carbocycles. The highest BCUT2D eigenvalue weighted by molar-refractivity contribution is 7.86. The van der Waals surface area contributed by atoms with Crippen molar-refractivity contribution in [3.05, 3.63) is 0 Å². The van der Waals surface area contributed by atoms with E-state index >= 15 is 0 Å². The van der Waals surface area contributed by atoms with Gasteiger partial charge in [-0.05, 0) is 25.1 Å². The van der Waals surface area contributed by atoms with Crippen molar-refractivity contribution in [1.82, 2.24) is 0 Å². The van der Waals surface area contributed by atoms with Crippen LogP contribution in [0.3, 0.4) is 0 Å². The Balaban J connectivity index is 4.54. The summed E-state index contributed by atoms with van der Waals surface area (Å²) in [6, 6.07) is 0. The lowest BCUT2D eigenvalue weighted by atomic mass is 10.1. The summed E-state index contributed by atoms with van der Waals surface area (Å²) in [5.74, 6) is -0.948. The summed E-state index contributed by atoms with van der Waals surface area (Å²) in [6.45, 7) is 4.31. The molecule has 0 aliphatic rings. The predicted octanol–water partition coefficient (Wildman–Crippen LogP) is 2.86. The molecule has 0 spiro atoms. The van der Waals surface area contributed by atoms with Crippen LogP contribution in [0, 0.1) is 0 Å². The second-order valence-electron chi connectivity index (χ2n) is 5.94. The minimum atomic E-state index is -5.84. The number of carbonyl (C=O) groups is 1. The third-order valence-electron chi connectivity index (χ3n) is 3.88. The van der Waals surface area contributed by atoms with E-state index in [4.69, 9.17) is 4.43 Å². The van der Waals surface area contributed by atoms with Crippen molar-refractivity contribution in [3.63, 3.8) is 0 Å². The zero-order valence-corrected chi connectivity index (χ0v) is 15.8. The molecule has 0 fully saturated rings. The largest absolute Gasteiger partial charge is 0.743 e. The molecule has 6 nitrogen and oxygen atoms in total. The lowest BCUT2D eigenvalue weighted by molar-refractivity contribution is -0.149. The van der Waals surface area contributed by atoms with E-state index in [1.807, 2.05) is 20.0 Å². The van der Waals surface area contributed by atoms with Crippen LogP contribution in [-0.4, -0.2) is 46.2 Å². The van der Waals surface area contributed by atoms with Gasteiger partial charge in [0, 0.05) is 13.5 Å².